The van der Waals surface area contributed by atoms with Gasteiger partial charge in [0.2, 0.25) is 0 Å². The summed E-state index contributed by atoms with van der Waals surface area (Å²) in [4.78, 5) is 11.5. The smallest absolute Gasteiger partial charge is 0.392 e. The summed E-state index contributed by atoms with van der Waals surface area (Å²) in [5.41, 5.74) is -1.70. The lowest BCUT2D eigenvalue weighted by molar-refractivity contribution is -0.166. The van der Waals surface area contributed by atoms with Crippen molar-refractivity contribution in [2.24, 2.45) is 16.1 Å². The maximum Gasteiger partial charge on any atom is 0.442 e. The Hall–Kier alpha value is -2.20. The van der Waals surface area contributed by atoms with E-state index in [2.05, 4.69) is 16.1 Å². The summed E-state index contributed by atoms with van der Waals surface area (Å²) in [6.07, 6.45) is 0.634. The van der Waals surface area contributed by atoms with Crippen LogP contribution in [0.2, 0.25) is 0 Å². The Morgan fingerprint density at radius 2 is 1.92 bits per heavy atom. The van der Waals surface area contributed by atoms with E-state index in [1.807, 2.05) is 0 Å². The number of carbonyl (C=O) groups is 1. The van der Waals surface area contributed by atoms with Gasteiger partial charge in [0.05, 0.1) is 12.0 Å². The Kier molecular flexibility index (Phi) is 5.09. The molecule has 0 aliphatic carbocycles. The number of aryl methyl sites for hydroxylation is 1. The largest absolute Gasteiger partial charge is 0.442 e. The number of hydrogen-bond donors (Lipinski definition) is 1. The number of benzene rings is 1. The highest BCUT2D eigenvalue weighted by molar-refractivity contribution is 5.79. The van der Waals surface area contributed by atoms with E-state index in [-0.39, 0.29) is 17.8 Å². The molecule has 0 aromatic heterocycles. The van der Waals surface area contributed by atoms with Gasteiger partial charge in [0.1, 0.15) is 5.78 Å². The molecular formula is C17H17F3N2O2. The molecule has 0 amide bonds. The first-order valence-electron chi connectivity index (χ1n) is 7.43. The summed E-state index contributed by atoms with van der Waals surface area (Å²) in [5.74, 6) is 1.57. The van der Waals surface area contributed by atoms with Crippen LogP contribution in [-0.2, 0) is 16.9 Å². The third-order valence-electron chi connectivity index (χ3n) is 4.10. The summed E-state index contributed by atoms with van der Waals surface area (Å²) in [6.45, 7) is 1.37. The fourth-order valence-electron chi connectivity index (χ4n) is 2.54. The highest BCUT2D eigenvalue weighted by Gasteiger charge is 2.65. The fraction of sp³-hybridized carbons (Fsp3) is 0.471. The van der Waals surface area contributed by atoms with Crippen LogP contribution in [0.1, 0.15) is 30.9 Å². The highest BCUT2D eigenvalue weighted by atomic mass is 19.4. The van der Waals surface area contributed by atoms with E-state index in [0.717, 1.165) is 5.56 Å². The average molecular weight is 338 g/mol. The van der Waals surface area contributed by atoms with Crippen LogP contribution in [0.25, 0.3) is 0 Å². The van der Waals surface area contributed by atoms with Gasteiger partial charge in [-0.05, 0) is 25.3 Å². The van der Waals surface area contributed by atoms with Gasteiger partial charge in [0, 0.05) is 12.0 Å². The molecule has 24 heavy (non-hydrogen) atoms. The molecular weight excluding hydrogens is 321 g/mol. The minimum absolute atomic E-state index is 0.0340. The molecule has 1 N–H and O–H groups in total. The number of aliphatic hydroxyl groups excluding tert-OH is 1. The first kappa shape index (κ1) is 18.1. The summed E-state index contributed by atoms with van der Waals surface area (Å²) < 4.78 is 38.7. The van der Waals surface area contributed by atoms with Gasteiger partial charge in [-0.1, -0.05) is 24.3 Å². The molecule has 0 bridgehead atoms. The van der Waals surface area contributed by atoms with Crippen molar-refractivity contribution < 1.29 is 23.1 Å². The molecule has 0 spiro atoms. The zero-order valence-electron chi connectivity index (χ0n) is 13.0. The number of alkyl halides is 3. The maximum atomic E-state index is 12.9. The third-order valence-corrected chi connectivity index (χ3v) is 4.10. The number of Topliss-reactive ketones (excluding diaryl/α,β-unsaturated/α-hetero) is 1. The highest BCUT2D eigenvalue weighted by Crippen LogP contribution is 2.52. The molecule has 128 valence electrons. The second-order valence-corrected chi connectivity index (χ2v) is 5.80. The van der Waals surface area contributed by atoms with E-state index in [4.69, 9.17) is 6.42 Å². The fourth-order valence-corrected chi connectivity index (χ4v) is 2.54. The van der Waals surface area contributed by atoms with Gasteiger partial charge in [0.15, 0.2) is 0 Å². The monoisotopic (exact) mass is 338 g/mol. The molecule has 2 rings (SSSR count). The Labute approximate surface area is 137 Å². The van der Waals surface area contributed by atoms with Crippen LogP contribution in [-0.4, -0.2) is 23.2 Å². The van der Waals surface area contributed by atoms with Crippen molar-refractivity contribution >= 4 is 5.78 Å². The van der Waals surface area contributed by atoms with Crippen molar-refractivity contribution in [2.45, 2.75) is 44.1 Å². The van der Waals surface area contributed by atoms with Crippen molar-refractivity contribution in [1.29, 1.82) is 0 Å². The summed E-state index contributed by atoms with van der Waals surface area (Å²) in [7, 11) is 0. The number of hydrogen-bond acceptors (Lipinski definition) is 4. The SMILES string of the molecule is C#CC[C@@H](C(C)=O)[C@@H](O)CCc1ccc(C2(C(F)(F)F)N=N2)cc1. The normalized spacial score (nSPS) is 17.8. The van der Waals surface area contributed by atoms with Gasteiger partial charge in [-0.2, -0.15) is 13.2 Å². The molecule has 1 aromatic carbocycles. The van der Waals surface area contributed by atoms with Gasteiger partial charge in [-0.15, -0.1) is 22.6 Å². The van der Waals surface area contributed by atoms with Crippen LogP contribution < -0.4 is 0 Å². The molecule has 1 aliphatic heterocycles. The first-order chi connectivity index (χ1) is 11.2. The van der Waals surface area contributed by atoms with Crippen LogP contribution >= 0.6 is 0 Å². The summed E-state index contributed by atoms with van der Waals surface area (Å²) >= 11 is 0. The molecule has 0 fully saturated rings. The quantitative estimate of drug-likeness (QED) is 0.775. The summed E-state index contributed by atoms with van der Waals surface area (Å²) in [6, 6.07) is 5.75. The van der Waals surface area contributed by atoms with Gasteiger partial charge >= 0.3 is 11.8 Å². The maximum absolute atomic E-state index is 12.9. The molecule has 0 radical (unpaired) electrons. The zero-order valence-corrected chi connectivity index (χ0v) is 13.0. The second kappa shape index (κ2) is 6.73. The average Bonchev–Trinajstić information content (AvgIpc) is 3.32. The molecule has 1 heterocycles. The van der Waals surface area contributed by atoms with Crippen molar-refractivity contribution in [2.75, 3.05) is 0 Å². The molecule has 1 aliphatic rings. The first-order valence-corrected chi connectivity index (χ1v) is 7.43. The van der Waals surface area contributed by atoms with Crippen molar-refractivity contribution in [3.8, 4) is 12.3 Å². The number of halogens is 3. The lowest BCUT2D eigenvalue weighted by atomic mass is 9.90. The molecule has 4 nitrogen and oxygen atoms in total. The summed E-state index contributed by atoms with van der Waals surface area (Å²) in [5, 5.41) is 16.4. The standard InChI is InChI=1S/C17H17F3N2O2/c1-3-4-14(11(2)23)15(24)10-7-12-5-8-13(9-6-12)16(21-22-16)17(18,19)20/h1,5-6,8-9,14-15,24H,4,7,10H2,2H3/t14-,15-/m0/s1. The van der Waals surface area contributed by atoms with Crippen LogP contribution in [0.15, 0.2) is 34.5 Å². The lowest BCUT2D eigenvalue weighted by Crippen LogP contribution is -2.30. The van der Waals surface area contributed by atoms with Crippen molar-refractivity contribution in [3.63, 3.8) is 0 Å². The van der Waals surface area contributed by atoms with Gasteiger partial charge in [-0.3, -0.25) is 4.79 Å². The second-order valence-electron chi connectivity index (χ2n) is 5.80. The topological polar surface area (TPSA) is 62.0 Å². The predicted molar refractivity (Wildman–Crippen MR) is 81.0 cm³/mol. The number of ketones is 1. The molecule has 1 aromatic rings. The van der Waals surface area contributed by atoms with Crippen LogP contribution in [0, 0.1) is 18.3 Å². The van der Waals surface area contributed by atoms with Gasteiger partial charge in [-0.25, -0.2) is 0 Å². The van der Waals surface area contributed by atoms with Crippen molar-refractivity contribution in [1.82, 2.24) is 0 Å². The van der Waals surface area contributed by atoms with Gasteiger partial charge < -0.3 is 5.11 Å². The van der Waals surface area contributed by atoms with E-state index in [1.165, 1.54) is 19.1 Å². The Bertz CT molecular complexity index is 669. The van der Waals surface area contributed by atoms with E-state index in [0.29, 0.717) is 12.8 Å². The Morgan fingerprint density at radius 3 is 2.33 bits per heavy atom. The van der Waals surface area contributed by atoms with Crippen molar-refractivity contribution in [3.05, 3.63) is 35.4 Å². The lowest BCUT2D eigenvalue weighted by Gasteiger charge is -2.18. The number of carbonyl (C=O) groups excluding carboxylic acids is 1. The predicted octanol–water partition coefficient (Wildman–Crippen LogP) is 3.39. The molecule has 7 heteroatoms. The third kappa shape index (κ3) is 3.65. The molecule has 2 atom stereocenters. The number of terminal acetylenes is 1. The molecule has 0 unspecified atom stereocenters. The van der Waals surface area contributed by atoms with Gasteiger partial charge in [0.25, 0.3) is 0 Å². The Balaban J connectivity index is 1.98. The minimum Gasteiger partial charge on any atom is -0.392 e. The van der Waals surface area contributed by atoms with Crippen LogP contribution in [0.3, 0.4) is 0 Å². The number of aliphatic hydroxyl groups is 1. The van der Waals surface area contributed by atoms with E-state index in [9.17, 15) is 23.1 Å². The van der Waals surface area contributed by atoms with E-state index >= 15 is 0 Å². The number of rotatable bonds is 7. The Morgan fingerprint density at radius 1 is 1.33 bits per heavy atom. The molecule has 0 saturated heterocycles. The molecule has 0 saturated carbocycles. The van der Waals surface area contributed by atoms with E-state index < -0.39 is 23.9 Å². The van der Waals surface area contributed by atoms with E-state index in [1.54, 1.807) is 12.1 Å². The zero-order chi connectivity index (χ0) is 18.0. The minimum atomic E-state index is -4.55. The van der Waals surface area contributed by atoms with Crippen LogP contribution in [0.4, 0.5) is 13.2 Å². The number of nitrogens with zero attached hydrogens (tertiary/aromatic N) is 2. The van der Waals surface area contributed by atoms with Crippen LogP contribution in [0.5, 0.6) is 0 Å².